The zero-order valence-corrected chi connectivity index (χ0v) is 11.5. The van der Waals surface area contributed by atoms with Gasteiger partial charge in [0, 0.05) is 10.0 Å². The third-order valence-electron chi connectivity index (χ3n) is 2.81. The molecule has 0 radical (unpaired) electrons. The molecule has 0 aliphatic rings. The van der Waals surface area contributed by atoms with E-state index in [-0.39, 0.29) is 11.1 Å². The summed E-state index contributed by atoms with van der Waals surface area (Å²) >= 11 is 3.17. The normalized spacial score (nSPS) is 13.3. The maximum absolute atomic E-state index is 13.2. The van der Waals surface area contributed by atoms with Gasteiger partial charge >= 0.3 is 6.18 Å². The Balaban J connectivity index is 2.34. The summed E-state index contributed by atoms with van der Waals surface area (Å²) in [7, 11) is 0. The van der Waals surface area contributed by atoms with Crippen molar-refractivity contribution in [3.05, 3.63) is 69.4 Å². The second-order valence-electron chi connectivity index (χ2n) is 4.19. The van der Waals surface area contributed by atoms with Crippen molar-refractivity contribution < 1.29 is 22.7 Å². The maximum Gasteiger partial charge on any atom is 0.416 e. The quantitative estimate of drug-likeness (QED) is 0.780. The first-order chi connectivity index (χ1) is 9.29. The SMILES string of the molecule is OC(c1ccc(C(F)(F)F)cc1)c1cc(F)ccc1Br. The second kappa shape index (κ2) is 5.54. The van der Waals surface area contributed by atoms with Crippen LogP contribution in [0.4, 0.5) is 17.6 Å². The van der Waals surface area contributed by atoms with Gasteiger partial charge in [0.15, 0.2) is 0 Å². The van der Waals surface area contributed by atoms with Gasteiger partial charge in [-0.2, -0.15) is 13.2 Å². The van der Waals surface area contributed by atoms with Crippen LogP contribution < -0.4 is 0 Å². The van der Waals surface area contributed by atoms with Gasteiger partial charge in [0.1, 0.15) is 11.9 Å². The van der Waals surface area contributed by atoms with E-state index in [9.17, 15) is 22.7 Å². The summed E-state index contributed by atoms with van der Waals surface area (Å²) in [6.07, 6.45) is -5.63. The van der Waals surface area contributed by atoms with Crippen LogP contribution in [-0.4, -0.2) is 5.11 Å². The van der Waals surface area contributed by atoms with E-state index >= 15 is 0 Å². The van der Waals surface area contributed by atoms with Gasteiger partial charge in [-0.25, -0.2) is 4.39 Å². The van der Waals surface area contributed by atoms with Crippen LogP contribution in [0.3, 0.4) is 0 Å². The molecule has 1 N–H and O–H groups in total. The Morgan fingerprint density at radius 3 is 2.15 bits per heavy atom. The lowest BCUT2D eigenvalue weighted by molar-refractivity contribution is -0.137. The van der Waals surface area contributed by atoms with Crippen molar-refractivity contribution in [2.45, 2.75) is 12.3 Å². The molecular weight excluding hydrogens is 340 g/mol. The summed E-state index contributed by atoms with van der Waals surface area (Å²) in [5.41, 5.74) is -0.291. The maximum atomic E-state index is 13.2. The summed E-state index contributed by atoms with van der Waals surface area (Å²) < 4.78 is 51.0. The Morgan fingerprint density at radius 2 is 1.60 bits per heavy atom. The van der Waals surface area contributed by atoms with Crippen LogP contribution in [0.1, 0.15) is 22.8 Å². The Hall–Kier alpha value is -1.40. The minimum atomic E-state index is -4.43. The molecule has 1 unspecified atom stereocenters. The average molecular weight is 349 g/mol. The first-order valence-electron chi connectivity index (χ1n) is 5.59. The van der Waals surface area contributed by atoms with Crippen molar-refractivity contribution in [1.82, 2.24) is 0 Å². The van der Waals surface area contributed by atoms with Crippen LogP contribution in [0.2, 0.25) is 0 Å². The van der Waals surface area contributed by atoms with Crippen LogP contribution in [0.25, 0.3) is 0 Å². The monoisotopic (exact) mass is 348 g/mol. The van der Waals surface area contributed by atoms with Crippen molar-refractivity contribution in [1.29, 1.82) is 0 Å². The lowest BCUT2D eigenvalue weighted by atomic mass is 10.0. The van der Waals surface area contributed by atoms with Crippen LogP contribution in [0, 0.1) is 5.82 Å². The first kappa shape index (κ1) is 15.0. The van der Waals surface area contributed by atoms with Crippen molar-refractivity contribution in [3.63, 3.8) is 0 Å². The highest BCUT2D eigenvalue weighted by Crippen LogP contribution is 2.32. The molecule has 2 aromatic carbocycles. The Bertz CT molecular complexity index is 608. The molecule has 0 fully saturated rings. The van der Waals surface area contributed by atoms with E-state index in [0.29, 0.717) is 4.47 Å². The summed E-state index contributed by atoms with van der Waals surface area (Å²) in [4.78, 5) is 0. The molecule has 106 valence electrons. The van der Waals surface area contributed by atoms with Gasteiger partial charge in [0.2, 0.25) is 0 Å². The van der Waals surface area contributed by atoms with Gasteiger partial charge in [-0.05, 0) is 35.9 Å². The van der Waals surface area contributed by atoms with Crippen LogP contribution >= 0.6 is 15.9 Å². The summed E-state index contributed by atoms with van der Waals surface area (Å²) in [5, 5.41) is 10.1. The molecule has 2 rings (SSSR count). The van der Waals surface area contributed by atoms with Gasteiger partial charge in [0.05, 0.1) is 5.56 Å². The van der Waals surface area contributed by atoms with Crippen molar-refractivity contribution in [2.24, 2.45) is 0 Å². The summed E-state index contributed by atoms with van der Waals surface area (Å²) in [6.45, 7) is 0. The minimum absolute atomic E-state index is 0.254. The Labute approximate surface area is 121 Å². The molecule has 0 aliphatic heterocycles. The van der Waals surface area contributed by atoms with E-state index in [0.717, 1.165) is 18.2 Å². The van der Waals surface area contributed by atoms with Gasteiger partial charge in [-0.1, -0.05) is 28.1 Å². The highest BCUT2D eigenvalue weighted by atomic mass is 79.9. The smallest absolute Gasteiger partial charge is 0.384 e. The molecule has 0 amide bonds. The molecule has 1 nitrogen and oxygen atoms in total. The van der Waals surface area contributed by atoms with Crippen LogP contribution in [0.15, 0.2) is 46.9 Å². The molecule has 20 heavy (non-hydrogen) atoms. The lowest BCUT2D eigenvalue weighted by Gasteiger charge is -2.14. The number of hydrogen-bond donors (Lipinski definition) is 1. The molecule has 0 spiro atoms. The molecule has 0 aliphatic carbocycles. The number of hydrogen-bond acceptors (Lipinski definition) is 1. The van der Waals surface area contributed by atoms with Crippen LogP contribution in [0.5, 0.6) is 0 Å². The molecule has 0 heterocycles. The highest BCUT2D eigenvalue weighted by molar-refractivity contribution is 9.10. The topological polar surface area (TPSA) is 20.2 Å². The summed E-state index contributed by atoms with van der Waals surface area (Å²) in [6, 6.07) is 7.88. The van der Waals surface area contributed by atoms with Crippen molar-refractivity contribution in [3.8, 4) is 0 Å². The standard InChI is InChI=1S/C14H9BrF4O/c15-12-6-5-10(16)7-11(12)13(20)8-1-3-9(4-2-8)14(17,18)19/h1-7,13,20H. The number of aliphatic hydroxyl groups excluding tert-OH is 1. The van der Waals surface area contributed by atoms with E-state index in [4.69, 9.17) is 0 Å². The molecule has 2 aromatic rings. The number of rotatable bonds is 2. The number of benzene rings is 2. The van der Waals surface area contributed by atoms with Gasteiger partial charge < -0.3 is 5.11 Å². The van der Waals surface area contributed by atoms with E-state index in [1.165, 1.54) is 24.3 Å². The van der Waals surface area contributed by atoms with E-state index in [1.54, 1.807) is 0 Å². The second-order valence-corrected chi connectivity index (χ2v) is 5.04. The zero-order valence-electron chi connectivity index (χ0n) is 9.96. The molecule has 0 saturated heterocycles. The largest absolute Gasteiger partial charge is 0.416 e. The van der Waals surface area contributed by atoms with Gasteiger partial charge in [-0.3, -0.25) is 0 Å². The predicted octanol–water partition coefficient (Wildman–Crippen LogP) is 4.69. The van der Waals surface area contributed by atoms with Gasteiger partial charge in [0.25, 0.3) is 0 Å². The first-order valence-corrected chi connectivity index (χ1v) is 6.38. The van der Waals surface area contributed by atoms with Crippen molar-refractivity contribution >= 4 is 15.9 Å². The van der Waals surface area contributed by atoms with Crippen LogP contribution in [-0.2, 0) is 6.18 Å². The molecule has 6 heteroatoms. The molecule has 0 aromatic heterocycles. The van der Waals surface area contributed by atoms with E-state index < -0.39 is 23.7 Å². The third kappa shape index (κ3) is 3.19. The van der Waals surface area contributed by atoms with Crippen molar-refractivity contribution in [2.75, 3.05) is 0 Å². The number of alkyl halides is 3. The Kier molecular flexibility index (Phi) is 4.15. The fourth-order valence-corrected chi connectivity index (χ4v) is 2.22. The molecule has 0 saturated carbocycles. The highest BCUT2D eigenvalue weighted by Gasteiger charge is 2.30. The molecule has 0 bridgehead atoms. The number of aliphatic hydroxyl groups is 1. The van der Waals surface area contributed by atoms with Gasteiger partial charge in [-0.15, -0.1) is 0 Å². The fourth-order valence-electron chi connectivity index (χ4n) is 1.76. The number of halogens is 5. The predicted molar refractivity (Wildman–Crippen MR) is 69.6 cm³/mol. The van der Waals surface area contributed by atoms with E-state index in [1.807, 2.05) is 0 Å². The average Bonchev–Trinajstić information content (AvgIpc) is 2.40. The zero-order chi connectivity index (χ0) is 14.9. The molecular formula is C14H9BrF4O. The minimum Gasteiger partial charge on any atom is -0.384 e. The third-order valence-corrected chi connectivity index (χ3v) is 3.53. The molecule has 1 atom stereocenters. The Morgan fingerprint density at radius 1 is 1.00 bits per heavy atom. The lowest BCUT2D eigenvalue weighted by Crippen LogP contribution is -2.06. The summed E-state index contributed by atoms with van der Waals surface area (Å²) in [5.74, 6) is -0.533. The fraction of sp³-hybridized carbons (Fsp3) is 0.143. The van der Waals surface area contributed by atoms with E-state index in [2.05, 4.69) is 15.9 Å².